The van der Waals surface area contributed by atoms with Gasteiger partial charge >= 0.3 is 0 Å². The van der Waals surface area contributed by atoms with Crippen molar-refractivity contribution in [2.75, 3.05) is 0 Å². The molecule has 17 heavy (non-hydrogen) atoms. The third-order valence-corrected chi connectivity index (χ3v) is 4.65. The molecule has 10 heteroatoms. The van der Waals surface area contributed by atoms with Gasteiger partial charge in [0, 0.05) is 0 Å². The first-order valence-electron chi connectivity index (χ1n) is 4.09. The van der Waals surface area contributed by atoms with E-state index in [9.17, 15) is 17.2 Å². The first kappa shape index (κ1) is 12.5. The number of hydrogen-bond donors (Lipinski definition) is 2. The fourth-order valence-electron chi connectivity index (χ4n) is 1.26. The molecule has 1 heterocycles. The summed E-state index contributed by atoms with van der Waals surface area (Å²) in [5.41, 5.74) is 0. The third-order valence-electron chi connectivity index (χ3n) is 1.99. The largest absolute Gasteiger partial charge is 0.296 e. The van der Waals surface area contributed by atoms with Crippen LogP contribution in [0.5, 0.6) is 0 Å². The maximum absolute atomic E-state index is 11.6. The summed E-state index contributed by atoms with van der Waals surface area (Å²) in [5.74, 6) is 0. The van der Waals surface area contributed by atoms with Crippen LogP contribution in [0.2, 0.25) is 5.02 Å². The molecule has 0 saturated heterocycles. The van der Waals surface area contributed by atoms with Crippen LogP contribution >= 0.6 is 11.6 Å². The Morgan fingerprint density at radius 1 is 1.41 bits per heavy atom. The smallest absolute Gasteiger partial charge is 0.239 e. The van der Waals surface area contributed by atoms with E-state index in [1.165, 1.54) is 0 Å². The van der Waals surface area contributed by atoms with Crippen molar-refractivity contribution in [1.82, 2.24) is 0 Å². The molecular formula is C7H6ClN3O4S2. The predicted molar refractivity (Wildman–Crippen MR) is 62.1 cm³/mol. The Labute approximate surface area is 102 Å². The van der Waals surface area contributed by atoms with Gasteiger partial charge in [0.1, 0.15) is 15.7 Å². The second-order valence-electron chi connectivity index (χ2n) is 3.14. The number of hydrogen-bond acceptors (Lipinski definition) is 4. The molecule has 0 radical (unpaired) electrons. The molecule has 0 aromatic heterocycles. The van der Waals surface area contributed by atoms with Crippen molar-refractivity contribution >= 4 is 38.0 Å². The molecule has 1 unspecified atom stereocenters. The predicted octanol–water partition coefficient (Wildman–Crippen LogP) is -0.428. The van der Waals surface area contributed by atoms with E-state index in [-0.39, 0.29) is 14.9 Å². The van der Waals surface area contributed by atoms with Crippen molar-refractivity contribution in [3.05, 3.63) is 27.0 Å². The van der Waals surface area contributed by atoms with E-state index in [0.29, 0.717) is 0 Å². The summed E-state index contributed by atoms with van der Waals surface area (Å²) in [6, 6.07) is 2.06. The Balaban J connectivity index is 3.09. The summed E-state index contributed by atoms with van der Waals surface area (Å²) in [7, 11) is -7.77. The van der Waals surface area contributed by atoms with E-state index in [4.69, 9.17) is 16.7 Å². The van der Waals surface area contributed by atoms with E-state index < -0.39 is 24.9 Å². The van der Waals surface area contributed by atoms with E-state index in [2.05, 4.69) is 9.39 Å². The highest BCUT2D eigenvalue weighted by Crippen LogP contribution is 2.18. The molecule has 1 aromatic rings. The first-order chi connectivity index (χ1) is 7.72. The molecule has 1 aromatic carbocycles. The van der Waals surface area contributed by atoms with Crippen molar-refractivity contribution in [2.45, 2.75) is 4.90 Å². The van der Waals surface area contributed by atoms with Crippen molar-refractivity contribution in [1.29, 1.82) is 0 Å². The van der Waals surface area contributed by atoms with Gasteiger partial charge in [0.2, 0.25) is 10.0 Å². The van der Waals surface area contributed by atoms with Gasteiger partial charge in [-0.3, -0.25) is 4.55 Å². The van der Waals surface area contributed by atoms with Gasteiger partial charge in [-0.25, -0.2) is 22.8 Å². The highest BCUT2D eigenvalue weighted by Gasteiger charge is 2.17. The number of benzene rings is 1. The van der Waals surface area contributed by atoms with E-state index in [1.54, 1.807) is 0 Å². The lowest BCUT2D eigenvalue weighted by atomic mass is 10.3. The van der Waals surface area contributed by atoms with Crippen LogP contribution in [0.3, 0.4) is 0 Å². The Bertz CT molecular complexity index is 837. The van der Waals surface area contributed by atoms with Gasteiger partial charge in [-0.05, 0) is 12.1 Å². The molecule has 2 rings (SSSR count). The Hall–Kier alpha value is -1.00. The number of nitrogens with zero attached hydrogens (tertiary/aromatic N) is 2. The normalized spacial score (nSPS) is 23.0. The van der Waals surface area contributed by atoms with Crippen molar-refractivity contribution < 1.29 is 17.2 Å². The van der Waals surface area contributed by atoms with Crippen LogP contribution in [0.25, 0.3) is 0 Å². The van der Waals surface area contributed by atoms with Crippen LogP contribution in [0.4, 0.5) is 0 Å². The zero-order valence-corrected chi connectivity index (χ0v) is 10.5. The lowest BCUT2D eigenvalue weighted by Gasteiger charge is -2.05. The lowest BCUT2D eigenvalue weighted by molar-refractivity contribution is 0.557. The monoisotopic (exact) mass is 295 g/mol. The van der Waals surface area contributed by atoms with Crippen LogP contribution in [-0.4, -0.2) is 23.5 Å². The Morgan fingerprint density at radius 2 is 2.06 bits per heavy atom. The Kier molecular flexibility index (Phi) is 2.75. The van der Waals surface area contributed by atoms with Gasteiger partial charge in [0.15, 0.2) is 9.99 Å². The quantitative estimate of drug-likeness (QED) is 0.683. The summed E-state index contributed by atoms with van der Waals surface area (Å²) in [6.45, 7) is 0. The molecule has 0 saturated carbocycles. The molecule has 92 valence electrons. The molecule has 0 spiro atoms. The van der Waals surface area contributed by atoms with Crippen LogP contribution in [0, 0.1) is 4.51 Å². The standard InChI is InChI=1S/C7H6ClN3O4S2/c8-4-1-5-7(2-6(4)16(9,12)13)17(14,15)11-3-10-5/h1-3H,(H2,9,12,13)(H,10,11,14,15). The van der Waals surface area contributed by atoms with Gasteiger partial charge in [0.25, 0.3) is 0 Å². The van der Waals surface area contributed by atoms with Crippen molar-refractivity contribution in [3.63, 3.8) is 0 Å². The Morgan fingerprint density at radius 3 is 2.65 bits per heavy atom. The highest BCUT2D eigenvalue weighted by atomic mass is 35.5. The van der Waals surface area contributed by atoms with Gasteiger partial charge in [0.05, 0.1) is 10.4 Å². The van der Waals surface area contributed by atoms with Crippen LogP contribution in [0.15, 0.2) is 26.4 Å². The second kappa shape index (κ2) is 3.75. The molecule has 1 atom stereocenters. The summed E-state index contributed by atoms with van der Waals surface area (Å²) in [5, 5.41) is 4.85. The number of fused-ring (bicyclic) bond motifs is 1. The second-order valence-corrected chi connectivity index (χ2v) is 6.72. The number of nitrogens with two attached hydrogens (primary N) is 1. The number of primary sulfonamides is 1. The van der Waals surface area contributed by atoms with E-state index in [1.807, 2.05) is 0 Å². The summed E-state index contributed by atoms with van der Waals surface area (Å²) < 4.78 is 46.6. The summed E-state index contributed by atoms with van der Waals surface area (Å²) in [6.07, 6.45) is 0.914. The van der Waals surface area contributed by atoms with E-state index >= 15 is 0 Å². The summed E-state index contributed by atoms with van der Waals surface area (Å²) in [4.78, 5) is 3.28. The maximum atomic E-state index is 11.6. The zero-order chi connectivity index (χ0) is 12.8. The molecule has 1 aliphatic rings. The SMILES string of the molecule is NS(=O)(=O)c1cc2c(cc1Cl)=NC=NS=2(=O)O. The fraction of sp³-hybridized carbons (Fsp3) is 0. The van der Waals surface area contributed by atoms with Crippen LogP contribution in [0.1, 0.15) is 0 Å². The van der Waals surface area contributed by atoms with Gasteiger partial charge < -0.3 is 0 Å². The fourth-order valence-corrected chi connectivity index (χ4v) is 3.37. The minimum absolute atomic E-state index is 0.0879. The molecule has 0 fully saturated rings. The number of halogens is 1. The lowest BCUT2D eigenvalue weighted by Crippen LogP contribution is -2.19. The topological polar surface area (TPSA) is 122 Å². The van der Waals surface area contributed by atoms with Crippen LogP contribution in [-0.2, 0) is 20.0 Å². The third kappa shape index (κ3) is 2.19. The summed E-state index contributed by atoms with van der Waals surface area (Å²) >= 11 is 5.70. The maximum Gasteiger partial charge on any atom is 0.239 e. The van der Waals surface area contributed by atoms with Gasteiger partial charge in [-0.1, -0.05) is 11.6 Å². The average molecular weight is 296 g/mol. The molecule has 0 aliphatic carbocycles. The van der Waals surface area contributed by atoms with Gasteiger partial charge in [-0.2, -0.15) is 4.40 Å². The zero-order valence-electron chi connectivity index (χ0n) is 8.07. The minimum Gasteiger partial charge on any atom is -0.296 e. The molecule has 0 bridgehead atoms. The van der Waals surface area contributed by atoms with Crippen molar-refractivity contribution in [3.8, 4) is 0 Å². The van der Waals surface area contributed by atoms with E-state index in [0.717, 1.165) is 18.5 Å². The van der Waals surface area contributed by atoms with Gasteiger partial charge in [-0.15, -0.1) is 0 Å². The number of sulfonamides is 1. The first-order valence-corrected chi connectivity index (χ1v) is 7.49. The molecule has 1 aliphatic heterocycles. The number of rotatable bonds is 1. The molecule has 7 nitrogen and oxygen atoms in total. The van der Waals surface area contributed by atoms with Crippen molar-refractivity contribution in [2.24, 2.45) is 14.5 Å². The van der Waals surface area contributed by atoms with Crippen LogP contribution < -0.4 is 10.5 Å². The molecule has 3 N–H and O–H groups in total. The highest BCUT2D eigenvalue weighted by molar-refractivity contribution is 7.89. The molecule has 0 amide bonds. The minimum atomic E-state index is -4.08. The molecular weight excluding hydrogens is 290 g/mol. The average Bonchev–Trinajstić information content (AvgIpc) is 2.13.